The number of carbonyl (C=O) groups is 4. The molecule has 5 N–H and O–H groups in total. The fourth-order valence-corrected chi connectivity index (χ4v) is 7.17. The molecule has 2 aromatic heterocycles. The van der Waals surface area contributed by atoms with Crippen LogP contribution in [0.1, 0.15) is 74.5 Å². The van der Waals surface area contributed by atoms with Crippen LogP contribution in [0.4, 0.5) is 0 Å². The Morgan fingerprint density at radius 1 is 0.894 bits per heavy atom. The van der Waals surface area contributed by atoms with Crippen LogP contribution in [-0.2, 0) is 22.4 Å². The summed E-state index contributed by atoms with van der Waals surface area (Å²) in [5, 5.41) is 13.5. The fraction of sp³-hybridized carbons (Fsp3) is 0.353. The van der Waals surface area contributed by atoms with Crippen molar-refractivity contribution >= 4 is 46.3 Å². The second-order valence-corrected chi connectivity index (χ2v) is 13.6. The number of fused-ring (bicyclic) bond motifs is 4. The Morgan fingerprint density at radius 3 is 2.19 bits per heavy atom. The lowest BCUT2D eigenvalue weighted by Gasteiger charge is -2.26. The van der Waals surface area contributed by atoms with Crippen LogP contribution in [0.15, 0.2) is 71.4 Å². The number of hydrogen-bond acceptors (Lipinski definition) is 9. The Balaban J connectivity index is 1.43. The summed E-state index contributed by atoms with van der Waals surface area (Å²) in [4.78, 5) is 64.2. The smallest absolute Gasteiger partial charge is 0.271 e. The van der Waals surface area contributed by atoms with Crippen molar-refractivity contribution in [3.8, 4) is 0 Å². The highest BCUT2D eigenvalue weighted by molar-refractivity contribution is 7.10. The molecule has 1 aliphatic rings. The standard InChI is InChI=1S/C34H39N7O4S2/c1-21(2)29-33-39-26(19-47-33)30(43)36-14-9-15-41(34(45)24(35)16-22-10-5-3-6-11-22)18-28(42)37-25(17-23-12-7-4-8-13-23)32-38-27(20-46-32)31(44)40-29/h3-8,10-13,19-21,24-25,29H,9,14-18,35H2,1-2H3,(H,36,43)(H,37,42)(H,40,44)/t24-,25?,29+/m1/s1. The number of nitrogens with two attached hydrogens (primary N) is 1. The minimum atomic E-state index is -0.858. The van der Waals surface area contributed by atoms with Crippen LogP contribution < -0.4 is 21.7 Å². The van der Waals surface area contributed by atoms with Crippen LogP contribution in [0.5, 0.6) is 0 Å². The molecule has 3 atom stereocenters. The van der Waals surface area contributed by atoms with Gasteiger partial charge in [-0.25, -0.2) is 9.97 Å². The van der Waals surface area contributed by atoms with Gasteiger partial charge in [-0.15, -0.1) is 22.7 Å². The van der Waals surface area contributed by atoms with E-state index in [4.69, 9.17) is 5.73 Å². The number of thiazole rings is 2. The average molecular weight is 674 g/mol. The van der Waals surface area contributed by atoms with Crippen molar-refractivity contribution in [2.24, 2.45) is 11.7 Å². The Labute approximate surface area is 282 Å². The molecule has 246 valence electrons. The number of benzene rings is 2. The van der Waals surface area contributed by atoms with E-state index >= 15 is 0 Å². The maximum absolute atomic E-state index is 13.6. The van der Waals surface area contributed by atoms with E-state index in [-0.39, 0.29) is 60.6 Å². The number of rotatable bonds is 6. The van der Waals surface area contributed by atoms with Crippen LogP contribution >= 0.6 is 22.7 Å². The summed E-state index contributed by atoms with van der Waals surface area (Å²) in [7, 11) is 0. The number of aromatic nitrogens is 2. The van der Waals surface area contributed by atoms with Crippen molar-refractivity contribution in [2.75, 3.05) is 19.6 Å². The molecule has 0 fully saturated rings. The Morgan fingerprint density at radius 2 is 1.51 bits per heavy atom. The predicted octanol–water partition coefficient (Wildman–Crippen LogP) is 3.66. The topological polar surface area (TPSA) is 159 Å². The average Bonchev–Trinajstić information content (AvgIpc) is 3.76. The maximum atomic E-state index is 13.6. The Kier molecular flexibility index (Phi) is 11.5. The number of carbonyl (C=O) groups excluding carboxylic acids is 4. The summed E-state index contributed by atoms with van der Waals surface area (Å²) in [5.74, 6) is -1.49. The SMILES string of the molecule is CC(C)[C@@H]1NC(=O)c2csc(n2)C(Cc2ccccc2)NC(=O)CN(C(=O)[C@H](N)Cc2ccccc2)CCCNC(=O)c2csc1n2. The zero-order valence-corrected chi connectivity index (χ0v) is 28.0. The van der Waals surface area contributed by atoms with Crippen molar-refractivity contribution in [1.82, 2.24) is 30.8 Å². The molecule has 5 rings (SSSR count). The number of amides is 4. The molecule has 0 aliphatic carbocycles. The summed E-state index contributed by atoms with van der Waals surface area (Å²) < 4.78 is 0. The first-order chi connectivity index (χ1) is 22.7. The van der Waals surface area contributed by atoms with Crippen molar-refractivity contribution in [2.45, 2.75) is 51.2 Å². The van der Waals surface area contributed by atoms with E-state index in [1.54, 1.807) is 10.8 Å². The van der Waals surface area contributed by atoms with Gasteiger partial charge in [-0.05, 0) is 36.3 Å². The highest BCUT2D eigenvalue weighted by atomic mass is 32.1. The van der Waals surface area contributed by atoms with Crippen LogP contribution in [0.3, 0.4) is 0 Å². The second-order valence-electron chi connectivity index (χ2n) is 11.8. The minimum Gasteiger partial charge on any atom is -0.351 e. The molecule has 0 saturated heterocycles. The number of nitrogens with one attached hydrogen (secondary N) is 3. The molecule has 3 heterocycles. The molecular weight excluding hydrogens is 635 g/mol. The molecule has 4 aromatic rings. The van der Waals surface area contributed by atoms with Gasteiger partial charge in [-0.1, -0.05) is 74.5 Å². The van der Waals surface area contributed by atoms with Crippen LogP contribution in [0, 0.1) is 5.92 Å². The molecule has 0 radical (unpaired) electrons. The van der Waals surface area contributed by atoms with Gasteiger partial charge in [0.2, 0.25) is 11.8 Å². The molecule has 2 aromatic carbocycles. The highest BCUT2D eigenvalue weighted by Crippen LogP contribution is 2.27. The van der Waals surface area contributed by atoms with Crippen molar-refractivity contribution < 1.29 is 19.2 Å². The maximum Gasteiger partial charge on any atom is 0.271 e. The minimum absolute atomic E-state index is 0.00451. The molecule has 0 saturated carbocycles. The van der Waals surface area contributed by atoms with E-state index in [1.165, 1.54) is 27.6 Å². The first-order valence-corrected chi connectivity index (χ1v) is 17.4. The normalized spacial score (nSPS) is 18.7. The Hall–Kier alpha value is -4.46. The van der Waals surface area contributed by atoms with Gasteiger partial charge in [-0.2, -0.15) is 0 Å². The van der Waals surface area contributed by atoms with Crippen molar-refractivity contribution in [1.29, 1.82) is 0 Å². The Bertz CT molecular complexity index is 1680. The number of hydrogen-bond donors (Lipinski definition) is 4. The molecular formula is C34H39N7O4S2. The van der Waals surface area contributed by atoms with Gasteiger partial charge < -0.3 is 26.6 Å². The summed E-state index contributed by atoms with van der Waals surface area (Å²) >= 11 is 2.59. The largest absolute Gasteiger partial charge is 0.351 e. The molecule has 4 amide bonds. The molecule has 0 spiro atoms. The fourth-order valence-electron chi connectivity index (χ4n) is 5.30. The lowest BCUT2D eigenvalue weighted by Crippen LogP contribution is -2.49. The van der Waals surface area contributed by atoms with Gasteiger partial charge in [0.05, 0.1) is 24.7 Å². The van der Waals surface area contributed by atoms with Gasteiger partial charge >= 0.3 is 0 Å². The van der Waals surface area contributed by atoms with E-state index in [9.17, 15) is 19.2 Å². The second kappa shape index (κ2) is 15.9. The summed E-state index contributed by atoms with van der Waals surface area (Å²) in [5.41, 5.74) is 8.74. The molecule has 47 heavy (non-hydrogen) atoms. The summed E-state index contributed by atoms with van der Waals surface area (Å²) in [6.07, 6.45) is 1.15. The third kappa shape index (κ3) is 9.09. The lowest BCUT2D eigenvalue weighted by atomic mass is 10.0. The van der Waals surface area contributed by atoms with E-state index in [2.05, 4.69) is 25.9 Å². The van der Waals surface area contributed by atoms with E-state index < -0.39 is 18.1 Å². The predicted molar refractivity (Wildman–Crippen MR) is 182 cm³/mol. The number of nitrogens with zero attached hydrogens (tertiary/aromatic N) is 3. The molecule has 4 bridgehead atoms. The first-order valence-electron chi connectivity index (χ1n) is 15.6. The third-order valence-electron chi connectivity index (χ3n) is 7.80. The first kappa shape index (κ1) is 33.9. The van der Waals surface area contributed by atoms with Crippen molar-refractivity contribution in [3.63, 3.8) is 0 Å². The quantitative estimate of drug-likeness (QED) is 0.243. The monoisotopic (exact) mass is 673 g/mol. The molecule has 13 heteroatoms. The van der Waals surface area contributed by atoms with Gasteiger partial charge in [0, 0.05) is 23.8 Å². The molecule has 1 unspecified atom stereocenters. The third-order valence-corrected chi connectivity index (χ3v) is 9.68. The zero-order chi connectivity index (χ0) is 33.3. The van der Waals surface area contributed by atoms with E-state index in [1.807, 2.05) is 74.5 Å². The zero-order valence-electron chi connectivity index (χ0n) is 26.3. The van der Waals surface area contributed by atoms with Gasteiger partial charge in [0.25, 0.3) is 11.8 Å². The summed E-state index contributed by atoms with van der Waals surface area (Å²) in [6.45, 7) is 4.17. The van der Waals surface area contributed by atoms with Crippen LogP contribution in [0.2, 0.25) is 0 Å². The van der Waals surface area contributed by atoms with E-state index in [0.29, 0.717) is 29.3 Å². The van der Waals surface area contributed by atoms with Gasteiger partial charge in [0.15, 0.2) is 0 Å². The van der Waals surface area contributed by atoms with E-state index in [0.717, 1.165) is 11.1 Å². The molecule has 1 aliphatic heterocycles. The highest BCUT2D eigenvalue weighted by Gasteiger charge is 2.28. The van der Waals surface area contributed by atoms with Crippen LogP contribution in [0.25, 0.3) is 0 Å². The lowest BCUT2D eigenvalue weighted by molar-refractivity contribution is -0.137. The van der Waals surface area contributed by atoms with Gasteiger partial charge in [0.1, 0.15) is 21.4 Å². The van der Waals surface area contributed by atoms with Gasteiger partial charge in [-0.3, -0.25) is 19.2 Å². The van der Waals surface area contributed by atoms with Crippen LogP contribution in [-0.4, -0.2) is 64.2 Å². The molecule has 11 nitrogen and oxygen atoms in total. The summed E-state index contributed by atoms with van der Waals surface area (Å²) in [6, 6.07) is 17.3. The van der Waals surface area contributed by atoms with Crippen molar-refractivity contribution in [3.05, 3.63) is 104 Å².